The first-order valence-electron chi connectivity index (χ1n) is 3.03. The molecule has 0 aromatic rings. The molecule has 1 atom stereocenters. The van der Waals surface area contributed by atoms with Crippen molar-refractivity contribution < 1.29 is 9.90 Å². The maximum atomic E-state index is 10.0. The molecule has 0 saturated heterocycles. The van der Waals surface area contributed by atoms with Gasteiger partial charge in [-0.15, -0.1) is 0 Å². The largest absolute Gasteiger partial charge is 0.369 e. The zero-order valence-electron chi connectivity index (χ0n) is 5.39. The molecular weight excluding hydrogens is 184 g/mol. The highest BCUT2D eigenvalue weighted by Crippen LogP contribution is 2.09. The van der Waals surface area contributed by atoms with Crippen molar-refractivity contribution in [1.29, 1.82) is 0 Å². The molecule has 53 valence electrons. The van der Waals surface area contributed by atoms with E-state index >= 15 is 0 Å². The minimum absolute atomic E-state index is 0.461. The van der Waals surface area contributed by atoms with Gasteiger partial charge in [-0.2, -0.15) is 0 Å². The lowest BCUT2D eigenvalue weighted by molar-refractivity contribution is -0.142. The minimum Gasteiger partial charge on any atom is -0.246 e. The van der Waals surface area contributed by atoms with Crippen LogP contribution in [0.3, 0.4) is 0 Å². The highest BCUT2D eigenvalue weighted by Gasteiger charge is 2.13. The predicted octanol–water partition coefficient (Wildman–Crippen LogP) is 1.90. The summed E-state index contributed by atoms with van der Waals surface area (Å²) in [6, 6.07) is 0. The fourth-order valence-electron chi connectivity index (χ4n) is 0.501. The number of unbranched alkanes of at least 4 members (excludes halogenated alkanes) is 1. The zero-order valence-corrected chi connectivity index (χ0v) is 6.98. The average molecular weight is 194 g/mol. The van der Waals surface area contributed by atoms with Crippen molar-refractivity contribution in [3.63, 3.8) is 0 Å². The Morgan fingerprint density at radius 1 is 1.67 bits per heavy atom. The summed E-state index contributed by atoms with van der Waals surface area (Å²) in [4.78, 5) is 9.59. The second-order valence-electron chi connectivity index (χ2n) is 1.93. The average Bonchev–Trinajstić information content (AvgIpc) is 1.82. The molecule has 1 unspecified atom stereocenters. The quantitative estimate of drug-likeness (QED) is 0.629. The van der Waals surface area contributed by atoms with Crippen molar-refractivity contribution >= 4 is 21.9 Å². The molecule has 3 heteroatoms. The first-order valence-corrected chi connectivity index (χ1v) is 3.95. The van der Waals surface area contributed by atoms with Crippen LogP contribution in [0.4, 0.5) is 0 Å². The fraction of sp³-hybridized carbons (Fsp3) is 0.833. The van der Waals surface area contributed by atoms with Crippen molar-refractivity contribution in [3.05, 3.63) is 0 Å². The van der Waals surface area contributed by atoms with Gasteiger partial charge in [0.05, 0.1) is 0 Å². The molecule has 1 radical (unpaired) electrons. The Balaban J connectivity index is 3.27. The van der Waals surface area contributed by atoms with Gasteiger partial charge in [-0.3, -0.25) is 0 Å². The molecule has 0 N–H and O–H groups in total. The summed E-state index contributed by atoms with van der Waals surface area (Å²) in [5, 5.41) is 10.0. The van der Waals surface area contributed by atoms with Crippen molar-refractivity contribution in [2.24, 2.45) is 0 Å². The molecule has 0 aliphatic carbocycles. The third-order valence-electron chi connectivity index (χ3n) is 1.07. The van der Waals surface area contributed by atoms with Gasteiger partial charge < -0.3 is 0 Å². The molecule has 0 fully saturated rings. The van der Waals surface area contributed by atoms with Crippen molar-refractivity contribution in [2.75, 3.05) is 0 Å². The summed E-state index contributed by atoms with van der Waals surface area (Å²) in [6.07, 6.45) is 2.62. The number of hydrogen-bond acceptors (Lipinski definition) is 1. The van der Waals surface area contributed by atoms with E-state index in [4.69, 9.17) is 0 Å². The highest BCUT2D eigenvalue weighted by atomic mass is 79.9. The van der Waals surface area contributed by atoms with E-state index in [0.29, 0.717) is 6.42 Å². The lowest BCUT2D eigenvalue weighted by atomic mass is 10.2. The topological polar surface area (TPSA) is 37.0 Å². The monoisotopic (exact) mass is 193 g/mol. The van der Waals surface area contributed by atoms with Gasteiger partial charge in [0, 0.05) is 0 Å². The van der Waals surface area contributed by atoms with Gasteiger partial charge in [-0.1, -0.05) is 35.7 Å². The van der Waals surface area contributed by atoms with Crippen LogP contribution in [0.25, 0.3) is 0 Å². The Labute approximate surface area is 63.4 Å². The Morgan fingerprint density at radius 3 is 2.56 bits per heavy atom. The number of rotatable bonds is 4. The van der Waals surface area contributed by atoms with E-state index in [0.717, 1.165) is 12.8 Å². The van der Waals surface area contributed by atoms with Crippen LogP contribution in [0.5, 0.6) is 0 Å². The number of alkyl halides is 1. The van der Waals surface area contributed by atoms with Gasteiger partial charge >= 0.3 is 5.97 Å². The van der Waals surface area contributed by atoms with Crippen LogP contribution in [-0.2, 0) is 9.90 Å². The van der Waals surface area contributed by atoms with Crippen LogP contribution in [0.1, 0.15) is 26.2 Å². The summed E-state index contributed by atoms with van der Waals surface area (Å²) in [5.41, 5.74) is 0. The Kier molecular flexibility index (Phi) is 4.77. The molecule has 0 aliphatic heterocycles. The normalized spacial score (nSPS) is 13.1. The summed E-state index contributed by atoms with van der Waals surface area (Å²) >= 11 is 2.98. The summed E-state index contributed by atoms with van der Waals surface area (Å²) in [7, 11) is 0. The van der Waals surface area contributed by atoms with Crippen LogP contribution in [-0.4, -0.2) is 10.8 Å². The highest BCUT2D eigenvalue weighted by molar-refractivity contribution is 9.10. The number of carbonyl (C=O) groups excluding carboxylic acids is 1. The maximum Gasteiger partial charge on any atom is 0.369 e. The van der Waals surface area contributed by atoms with Crippen LogP contribution in [0.15, 0.2) is 0 Å². The van der Waals surface area contributed by atoms with E-state index in [1.807, 2.05) is 6.92 Å². The third kappa shape index (κ3) is 4.45. The first-order chi connectivity index (χ1) is 4.18. The Hall–Kier alpha value is -0.0500. The van der Waals surface area contributed by atoms with Crippen LogP contribution in [0.2, 0.25) is 0 Å². The lowest BCUT2D eigenvalue weighted by Crippen LogP contribution is -2.10. The third-order valence-corrected chi connectivity index (χ3v) is 1.90. The van der Waals surface area contributed by atoms with Gasteiger partial charge in [0.15, 0.2) is 0 Å². The fourth-order valence-corrected chi connectivity index (χ4v) is 0.825. The summed E-state index contributed by atoms with van der Waals surface area (Å²) in [5.74, 6) is -1.01. The van der Waals surface area contributed by atoms with Gasteiger partial charge in [-0.25, -0.2) is 9.90 Å². The van der Waals surface area contributed by atoms with E-state index in [2.05, 4.69) is 15.9 Å². The van der Waals surface area contributed by atoms with Gasteiger partial charge in [-0.05, 0) is 6.42 Å². The second-order valence-corrected chi connectivity index (χ2v) is 3.03. The van der Waals surface area contributed by atoms with Crippen molar-refractivity contribution in [2.45, 2.75) is 31.0 Å². The standard InChI is InChI=1S/C6H10BrO2/c1-2-3-4-5(7)6(8)9/h5H,2-4H2,1H3. The molecule has 2 nitrogen and oxygen atoms in total. The molecule has 0 rings (SSSR count). The number of hydrogen-bond donors (Lipinski definition) is 0. The van der Waals surface area contributed by atoms with Crippen LogP contribution in [0, 0.1) is 0 Å². The van der Waals surface area contributed by atoms with Crippen molar-refractivity contribution in [3.8, 4) is 0 Å². The predicted molar refractivity (Wildman–Crippen MR) is 37.9 cm³/mol. The number of carbonyl (C=O) groups is 1. The molecule has 0 heterocycles. The molecule has 0 spiro atoms. The minimum atomic E-state index is -1.01. The van der Waals surface area contributed by atoms with Gasteiger partial charge in [0.1, 0.15) is 4.83 Å². The van der Waals surface area contributed by atoms with Crippen LogP contribution >= 0.6 is 15.9 Å². The molecule has 0 aromatic carbocycles. The smallest absolute Gasteiger partial charge is 0.246 e. The molecule has 9 heavy (non-hydrogen) atoms. The van der Waals surface area contributed by atoms with Gasteiger partial charge in [0.25, 0.3) is 0 Å². The van der Waals surface area contributed by atoms with E-state index < -0.39 is 10.8 Å². The second kappa shape index (κ2) is 4.79. The van der Waals surface area contributed by atoms with Gasteiger partial charge in [0.2, 0.25) is 0 Å². The lowest BCUT2D eigenvalue weighted by Gasteiger charge is -1.98. The maximum absolute atomic E-state index is 10.0. The molecular formula is C6H10BrO2. The molecule has 0 amide bonds. The Bertz CT molecular complexity index is 93.1. The molecule has 0 saturated carbocycles. The number of halogens is 1. The zero-order chi connectivity index (χ0) is 7.28. The van der Waals surface area contributed by atoms with E-state index in [-0.39, 0.29) is 0 Å². The molecule has 0 bridgehead atoms. The molecule has 0 aliphatic rings. The van der Waals surface area contributed by atoms with Crippen LogP contribution < -0.4 is 0 Å². The molecule has 0 aromatic heterocycles. The SMILES string of the molecule is CCCCC(Br)C([O])=O. The van der Waals surface area contributed by atoms with Crippen molar-refractivity contribution in [1.82, 2.24) is 0 Å². The first kappa shape index (κ1) is 8.95. The summed E-state index contributed by atoms with van der Waals surface area (Å²) in [6.45, 7) is 2.02. The Morgan fingerprint density at radius 2 is 2.22 bits per heavy atom. The van der Waals surface area contributed by atoms with E-state index in [1.165, 1.54) is 0 Å². The van der Waals surface area contributed by atoms with E-state index in [9.17, 15) is 9.90 Å². The van der Waals surface area contributed by atoms with E-state index in [1.54, 1.807) is 0 Å². The summed E-state index contributed by atoms with van der Waals surface area (Å²) < 4.78 is 0.